The van der Waals surface area contributed by atoms with Crippen LogP contribution in [0.5, 0.6) is 5.75 Å². The van der Waals surface area contributed by atoms with Crippen LogP contribution >= 0.6 is 11.6 Å². The lowest BCUT2D eigenvalue weighted by Gasteiger charge is -2.15. The summed E-state index contributed by atoms with van der Waals surface area (Å²) in [5, 5.41) is 11.4. The molecule has 1 amide bonds. The fraction of sp³-hybridized carbons (Fsp3) is 0.158. The predicted octanol–water partition coefficient (Wildman–Crippen LogP) is 4.20. The number of aromatic hydroxyl groups is 1. The number of hydrogen-bond acceptors (Lipinski definition) is 3. The van der Waals surface area contributed by atoms with Crippen molar-refractivity contribution in [2.24, 2.45) is 0 Å². The van der Waals surface area contributed by atoms with E-state index in [9.17, 15) is 14.3 Å². The fourth-order valence-corrected chi connectivity index (χ4v) is 3.45. The smallest absolute Gasteiger partial charge is 0.258 e. The molecule has 0 radical (unpaired) electrons. The number of rotatable bonds is 2. The third kappa shape index (κ3) is 2.51. The van der Waals surface area contributed by atoms with Crippen molar-refractivity contribution in [1.29, 1.82) is 0 Å². The van der Waals surface area contributed by atoms with Crippen LogP contribution in [0.2, 0.25) is 5.02 Å². The number of phenolic OH excluding ortho intramolecular Hbond substituents is 1. The average Bonchev–Trinajstić information content (AvgIpc) is 2.88. The van der Waals surface area contributed by atoms with Crippen molar-refractivity contribution in [3.63, 3.8) is 0 Å². The molecule has 0 spiro atoms. The summed E-state index contributed by atoms with van der Waals surface area (Å²) >= 11 is 5.81. The molecular formula is C19H14ClFN2O2. The molecule has 4 rings (SSSR count). The van der Waals surface area contributed by atoms with Gasteiger partial charge in [-0.25, -0.2) is 4.39 Å². The molecule has 0 saturated carbocycles. The lowest BCUT2D eigenvalue weighted by atomic mass is 10.0. The maximum absolute atomic E-state index is 13.3. The van der Waals surface area contributed by atoms with Gasteiger partial charge in [0.25, 0.3) is 5.91 Å². The second-order valence-corrected chi connectivity index (χ2v) is 6.60. The molecule has 0 aliphatic carbocycles. The molecule has 0 unspecified atom stereocenters. The number of carbonyl (C=O) groups is 1. The molecule has 0 atom stereocenters. The highest BCUT2D eigenvalue weighted by Crippen LogP contribution is 2.37. The molecule has 6 heteroatoms. The lowest BCUT2D eigenvalue weighted by molar-refractivity contribution is 0.0764. The van der Waals surface area contributed by atoms with Crippen molar-refractivity contribution in [2.45, 2.75) is 20.0 Å². The zero-order chi connectivity index (χ0) is 17.7. The van der Waals surface area contributed by atoms with Crippen LogP contribution in [0.15, 0.2) is 36.5 Å². The first-order valence-electron chi connectivity index (χ1n) is 7.79. The molecule has 1 aliphatic rings. The standard InChI is InChI=1S/C19H14ClFN2O2/c1-10-4-5-22-17-13(10)7-12-9-23(19(25)16(12)18(17)24)8-11-2-3-15(21)14(20)6-11/h2-7,24H,8-9H2,1H3. The fourth-order valence-electron chi connectivity index (χ4n) is 3.24. The molecule has 1 N–H and O–H groups in total. The average molecular weight is 357 g/mol. The Hall–Kier alpha value is -2.66. The first kappa shape index (κ1) is 15.8. The third-order valence-electron chi connectivity index (χ3n) is 4.53. The second kappa shape index (κ2) is 5.70. The van der Waals surface area contributed by atoms with Crippen LogP contribution in [0.25, 0.3) is 10.9 Å². The molecule has 3 aromatic rings. The van der Waals surface area contributed by atoms with E-state index in [4.69, 9.17) is 11.6 Å². The lowest BCUT2D eigenvalue weighted by Crippen LogP contribution is -2.23. The van der Waals surface area contributed by atoms with E-state index in [2.05, 4.69) is 4.98 Å². The van der Waals surface area contributed by atoms with Crippen molar-refractivity contribution < 1.29 is 14.3 Å². The molecule has 126 valence electrons. The number of nitrogens with zero attached hydrogens (tertiary/aromatic N) is 2. The Morgan fingerprint density at radius 2 is 2.12 bits per heavy atom. The zero-order valence-corrected chi connectivity index (χ0v) is 14.1. The second-order valence-electron chi connectivity index (χ2n) is 6.19. The molecule has 4 nitrogen and oxygen atoms in total. The van der Waals surface area contributed by atoms with Crippen molar-refractivity contribution in [2.75, 3.05) is 0 Å². The number of aryl methyl sites for hydroxylation is 1. The predicted molar refractivity (Wildman–Crippen MR) is 93.1 cm³/mol. The molecule has 0 saturated heterocycles. The molecule has 1 aromatic heterocycles. The number of phenols is 1. The summed E-state index contributed by atoms with van der Waals surface area (Å²) in [5.74, 6) is -0.842. The van der Waals surface area contributed by atoms with Gasteiger partial charge in [0.05, 0.1) is 10.6 Å². The number of aromatic nitrogens is 1. The Labute approximate surface area is 148 Å². The van der Waals surface area contributed by atoms with Crippen molar-refractivity contribution in [1.82, 2.24) is 9.88 Å². The topological polar surface area (TPSA) is 53.4 Å². The molecule has 25 heavy (non-hydrogen) atoms. The molecule has 2 heterocycles. The minimum absolute atomic E-state index is 0.0232. The Kier molecular flexibility index (Phi) is 3.62. The molecule has 0 fully saturated rings. The van der Waals surface area contributed by atoms with Gasteiger partial charge < -0.3 is 10.0 Å². The van der Waals surface area contributed by atoms with Gasteiger partial charge in [-0.3, -0.25) is 9.78 Å². The molecule has 1 aliphatic heterocycles. The first-order valence-corrected chi connectivity index (χ1v) is 8.17. The number of halogens is 2. The van der Waals surface area contributed by atoms with Crippen LogP contribution in [0.4, 0.5) is 4.39 Å². The van der Waals surface area contributed by atoms with Crippen LogP contribution in [0.1, 0.15) is 27.0 Å². The van der Waals surface area contributed by atoms with E-state index in [1.807, 2.05) is 19.1 Å². The summed E-state index contributed by atoms with van der Waals surface area (Å²) in [5.41, 5.74) is 3.20. The van der Waals surface area contributed by atoms with Gasteiger partial charge in [-0.05, 0) is 47.9 Å². The highest BCUT2D eigenvalue weighted by Gasteiger charge is 2.32. The van der Waals surface area contributed by atoms with E-state index in [1.54, 1.807) is 17.2 Å². The summed E-state index contributed by atoms with van der Waals surface area (Å²) in [7, 11) is 0. The van der Waals surface area contributed by atoms with E-state index >= 15 is 0 Å². The van der Waals surface area contributed by atoms with Crippen LogP contribution in [-0.2, 0) is 13.1 Å². The van der Waals surface area contributed by atoms with Crippen molar-refractivity contribution in [3.8, 4) is 5.75 Å². The highest BCUT2D eigenvalue weighted by molar-refractivity contribution is 6.30. The number of amides is 1. The Morgan fingerprint density at radius 1 is 1.32 bits per heavy atom. The van der Waals surface area contributed by atoms with E-state index in [1.165, 1.54) is 12.1 Å². The third-order valence-corrected chi connectivity index (χ3v) is 4.82. The van der Waals surface area contributed by atoms with Gasteiger partial charge in [0.15, 0.2) is 5.75 Å². The summed E-state index contributed by atoms with van der Waals surface area (Å²) in [6.07, 6.45) is 1.61. The van der Waals surface area contributed by atoms with Gasteiger partial charge in [-0.1, -0.05) is 17.7 Å². The Balaban J connectivity index is 1.73. The van der Waals surface area contributed by atoms with Crippen molar-refractivity contribution >= 4 is 28.4 Å². The van der Waals surface area contributed by atoms with Crippen LogP contribution < -0.4 is 0 Å². The number of fused-ring (bicyclic) bond motifs is 2. The number of carbonyl (C=O) groups excluding carboxylic acids is 1. The van der Waals surface area contributed by atoms with Crippen LogP contribution in [-0.4, -0.2) is 20.9 Å². The Morgan fingerprint density at radius 3 is 2.88 bits per heavy atom. The van der Waals surface area contributed by atoms with Gasteiger partial charge in [-0.15, -0.1) is 0 Å². The normalized spacial score (nSPS) is 13.6. The van der Waals surface area contributed by atoms with Gasteiger partial charge >= 0.3 is 0 Å². The summed E-state index contributed by atoms with van der Waals surface area (Å²) < 4.78 is 13.3. The molecule has 0 bridgehead atoms. The molecular weight excluding hydrogens is 343 g/mol. The van der Waals surface area contributed by atoms with E-state index in [0.717, 1.165) is 22.1 Å². The summed E-state index contributed by atoms with van der Waals surface area (Å²) in [6.45, 7) is 2.60. The number of pyridine rings is 1. The monoisotopic (exact) mass is 356 g/mol. The summed E-state index contributed by atoms with van der Waals surface area (Å²) in [4.78, 5) is 18.5. The van der Waals surface area contributed by atoms with Gasteiger partial charge in [0.1, 0.15) is 11.3 Å². The quantitative estimate of drug-likeness (QED) is 0.748. The largest absolute Gasteiger partial charge is 0.505 e. The van der Waals surface area contributed by atoms with Gasteiger partial charge in [-0.2, -0.15) is 0 Å². The molecule has 2 aromatic carbocycles. The van der Waals surface area contributed by atoms with Gasteiger partial charge in [0, 0.05) is 24.7 Å². The van der Waals surface area contributed by atoms with Gasteiger partial charge in [0.2, 0.25) is 0 Å². The van der Waals surface area contributed by atoms with Crippen LogP contribution in [0.3, 0.4) is 0 Å². The SMILES string of the molecule is Cc1ccnc2c(O)c3c(cc12)CN(Cc1ccc(F)c(Cl)c1)C3=O. The Bertz CT molecular complexity index is 1040. The summed E-state index contributed by atoms with van der Waals surface area (Å²) in [6, 6.07) is 8.16. The van der Waals surface area contributed by atoms with E-state index in [-0.39, 0.29) is 23.2 Å². The van der Waals surface area contributed by atoms with Crippen LogP contribution in [0, 0.1) is 12.7 Å². The maximum atomic E-state index is 13.3. The number of hydrogen-bond donors (Lipinski definition) is 1. The minimum Gasteiger partial charge on any atom is -0.505 e. The maximum Gasteiger partial charge on any atom is 0.258 e. The number of benzene rings is 2. The first-order chi connectivity index (χ1) is 12.0. The van der Waals surface area contributed by atoms with Crippen molar-refractivity contribution in [3.05, 3.63) is 69.6 Å². The van der Waals surface area contributed by atoms with E-state index < -0.39 is 5.82 Å². The highest BCUT2D eigenvalue weighted by atomic mass is 35.5. The zero-order valence-electron chi connectivity index (χ0n) is 13.4. The minimum atomic E-state index is -0.494. The van der Waals surface area contributed by atoms with E-state index in [0.29, 0.717) is 17.6 Å².